The third-order valence-electron chi connectivity index (χ3n) is 4.01. The second-order valence-corrected chi connectivity index (χ2v) is 6.45. The molecule has 0 atom stereocenters. The molecular weight excluding hydrogens is 312 g/mol. The van der Waals surface area contributed by atoms with Gasteiger partial charge in [0.25, 0.3) is 0 Å². The zero-order valence-electron chi connectivity index (χ0n) is 12.6. The van der Waals surface area contributed by atoms with Gasteiger partial charge in [0, 0.05) is 42.5 Å². The van der Waals surface area contributed by atoms with Crippen LogP contribution in [0.15, 0.2) is 48.5 Å². The molecule has 0 amide bonds. The van der Waals surface area contributed by atoms with Crippen LogP contribution in [-0.2, 0) is 0 Å². The molecule has 114 valence electrons. The van der Waals surface area contributed by atoms with Gasteiger partial charge in [-0.3, -0.25) is 0 Å². The van der Waals surface area contributed by atoms with Gasteiger partial charge in [-0.05, 0) is 31.2 Å². The molecule has 0 spiro atoms. The number of halogens is 1. The van der Waals surface area contributed by atoms with E-state index < -0.39 is 0 Å². The molecule has 0 bridgehead atoms. The minimum absolute atomic E-state index is 0.787. The minimum atomic E-state index is 0.787. The summed E-state index contributed by atoms with van der Waals surface area (Å²) in [5, 5.41) is 0.787. The summed E-state index contributed by atoms with van der Waals surface area (Å²) >= 11 is 11.7. The molecule has 0 aromatic heterocycles. The van der Waals surface area contributed by atoms with E-state index in [4.69, 9.17) is 23.8 Å². The molecule has 22 heavy (non-hydrogen) atoms. The Bertz CT molecular complexity index is 678. The average molecular weight is 331 g/mol. The summed E-state index contributed by atoms with van der Waals surface area (Å²) in [6.45, 7) is 5.92. The van der Waals surface area contributed by atoms with Crippen molar-refractivity contribution >= 4 is 34.5 Å². The molecule has 0 radical (unpaired) electrons. The van der Waals surface area contributed by atoms with Crippen molar-refractivity contribution in [2.24, 2.45) is 0 Å². The van der Waals surface area contributed by atoms with Crippen molar-refractivity contribution < 1.29 is 0 Å². The highest BCUT2D eigenvalue weighted by atomic mass is 35.5. The van der Waals surface area contributed by atoms with Gasteiger partial charge in [-0.2, -0.15) is 0 Å². The van der Waals surface area contributed by atoms with Crippen LogP contribution in [-0.4, -0.2) is 36.1 Å². The predicted octanol–water partition coefficient (Wildman–Crippen LogP) is 4.15. The molecule has 1 heterocycles. The lowest BCUT2D eigenvalue weighted by molar-refractivity contribution is 0.392. The summed E-state index contributed by atoms with van der Waals surface area (Å²) in [5.41, 5.74) is 3.58. The molecule has 1 aliphatic rings. The SMILES string of the molecule is Cc1cccc(C(=S)N2CCN(c3cccc(Cl)c3)CC2)c1. The van der Waals surface area contributed by atoms with Crippen molar-refractivity contribution in [1.29, 1.82) is 0 Å². The number of anilines is 1. The van der Waals surface area contributed by atoms with Crippen molar-refractivity contribution in [3.05, 3.63) is 64.7 Å². The largest absolute Gasteiger partial charge is 0.368 e. The van der Waals surface area contributed by atoms with E-state index in [2.05, 4.69) is 47.1 Å². The summed E-state index contributed by atoms with van der Waals surface area (Å²) in [6.07, 6.45) is 0. The predicted molar refractivity (Wildman–Crippen MR) is 98.1 cm³/mol. The van der Waals surface area contributed by atoms with Crippen LogP contribution in [0.4, 0.5) is 5.69 Å². The number of rotatable bonds is 2. The molecule has 0 saturated carbocycles. The van der Waals surface area contributed by atoms with Crippen LogP contribution in [0.3, 0.4) is 0 Å². The first-order chi connectivity index (χ1) is 10.6. The smallest absolute Gasteiger partial charge is 0.109 e. The highest BCUT2D eigenvalue weighted by Crippen LogP contribution is 2.21. The number of benzene rings is 2. The van der Waals surface area contributed by atoms with Crippen LogP contribution in [0.5, 0.6) is 0 Å². The lowest BCUT2D eigenvalue weighted by Gasteiger charge is -2.37. The summed E-state index contributed by atoms with van der Waals surface area (Å²) in [4.78, 5) is 5.61. The van der Waals surface area contributed by atoms with Crippen LogP contribution >= 0.6 is 23.8 Å². The Hall–Kier alpha value is -1.58. The number of thiocarbonyl (C=S) groups is 1. The lowest BCUT2D eigenvalue weighted by Crippen LogP contribution is -2.48. The van der Waals surface area contributed by atoms with Crippen molar-refractivity contribution in [1.82, 2.24) is 4.90 Å². The third-order valence-corrected chi connectivity index (χ3v) is 4.73. The van der Waals surface area contributed by atoms with Gasteiger partial charge in [0.2, 0.25) is 0 Å². The zero-order valence-corrected chi connectivity index (χ0v) is 14.2. The van der Waals surface area contributed by atoms with Gasteiger partial charge in [0.15, 0.2) is 0 Å². The van der Waals surface area contributed by atoms with Gasteiger partial charge in [-0.15, -0.1) is 0 Å². The van der Waals surface area contributed by atoms with Crippen molar-refractivity contribution in [3.63, 3.8) is 0 Å². The quantitative estimate of drug-likeness (QED) is 0.764. The van der Waals surface area contributed by atoms with E-state index in [1.807, 2.05) is 18.2 Å². The molecule has 1 fully saturated rings. The highest BCUT2D eigenvalue weighted by Gasteiger charge is 2.20. The lowest BCUT2D eigenvalue weighted by atomic mass is 10.1. The Morgan fingerprint density at radius 1 is 1.00 bits per heavy atom. The van der Waals surface area contributed by atoms with Crippen LogP contribution in [0.1, 0.15) is 11.1 Å². The topological polar surface area (TPSA) is 6.48 Å². The van der Waals surface area contributed by atoms with Gasteiger partial charge in [0.05, 0.1) is 0 Å². The maximum Gasteiger partial charge on any atom is 0.109 e. The van der Waals surface area contributed by atoms with E-state index in [9.17, 15) is 0 Å². The fourth-order valence-electron chi connectivity index (χ4n) is 2.80. The van der Waals surface area contributed by atoms with E-state index in [0.29, 0.717) is 0 Å². The number of piperazine rings is 1. The van der Waals surface area contributed by atoms with Gasteiger partial charge in [0.1, 0.15) is 4.99 Å². The Kier molecular flexibility index (Phi) is 4.65. The van der Waals surface area contributed by atoms with E-state index in [1.165, 1.54) is 11.3 Å². The van der Waals surface area contributed by atoms with Crippen LogP contribution in [0, 0.1) is 6.92 Å². The summed E-state index contributed by atoms with van der Waals surface area (Å²) in [6, 6.07) is 16.5. The Morgan fingerprint density at radius 3 is 2.41 bits per heavy atom. The molecule has 2 aromatic rings. The van der Waals surface area contributed by atoms with Crippen molar-refractivity contribution in [2.45, 2.75) is 6.92 Å². The number of hydrogen-bond acceptors (Lipinski definition) is 2. The van der Waals surface area contributed by atoms with E-state index in [1.54, 1.807) is 0 Å². The maximum absolute atomic E-state index is 6.08. The molecule has 1 aliphatic heterocycles. The molecule has 2 nitrogen and oxygen atoms in total. The first-order valence-electron chi connectivity index (χ1n) is 7.50. The average Bonchev–Trinajstić information content (AvgIpc) is 2.54. The van der Waals surface area contributed by atoms with E-state index in [0.717, 1.165) is 41.8 Å². The van der Waals surface area contributed by atoms with Gasteiger partial charge in [-0.1, -0.05) is 53.6 Å². The molecule has 1 saturated heterocycles. The molecule has 0 unspecified atom stereocenters. The number of nitrogens with zero attached hydrogens (tertiary/aromatic N) is 2. The maximum atomic E-state index is 6.08. The number of aryl methyl sites for hydroxylation is 1. The molecule has 3 rings (SSSR count). The molecule has 2 aromatic carbocycles. The zero-order chi connectivity index (χ0) is 15.5. The first-order valence-corrected chi connectivity index (χ1v) is 8.28. The fraction of sp³-hybridized carbons (Fsp3) is 0.278. The number of hydrogen-bond donors (Lipinski definition) is 0. The highest BCUT2D eigenvalue weighted by molar-refractivity contribution is 7.80. The molecular formula is C18H19ClN2S. The molecule has 0 aliphatic carbocycles. The van der Waals surface area contributed by atoms with Crippen LogP contribution in [0.25, 0.3) is 0 Å². The summed E-state index contributed by atoms with van der Waals surface area (Å²) < 4.78 is 0. The molecule has 4 heteroatoms. The summed E-state index contributed by atoms with van der Waals surface area (Å²) in [7, 11) is 0. The monoisotopic (exact) mass is 330 g/mol. The van der Waals surface area contributed by atoms with Crippen LogP contribution < -0.4 is 4.90 Å². The Balaban J connectivity index is 1.65. The van der Waals surface area contributed by atoms with Crippen molar-refractivity contribution in [2.75, 3.05) is 31.1 Å². The summed E-state index contributed by atoms with van der Waals surface area (Å²) in [5.74, 6) is 0. The standard InChI is InChI=1S/C18H19ClN2S/c1-14-4-2-5-15(12-14)18(22)21-10-8-20(9-11-21)17-7-3-6-16(19)13-17/h2-7,12-13H,8-11H2,1H3. The minimum Gasteiger partial charge on any atom is -0.368 e. The Morgan fingerprint density at radius 2 is 1.73 bits per heavy atom. The van der Waals surface area contributed by atoms with E-state index >= 15 is 0 Å². The normalized spacial score (nSPS) is 15.0. The van der Waals surface area contributed by atoms with Gasteiger partial charge in [-0.25, -0.2) is 0 Å². The Labute approximate surface area is 142 Å². The first kappa shape index (κ1) is 15.3. The second-order valence-electron chi connectivity index (χ2n) is 5.63. The second kappa shape index (κ2) is 6.67. The fourth-order valence-corrected chi connectivity index (χ4v) is 3.30. The van der Waals surface area contributed by atoms with Crippen LogP contribution in [0.2, 0.25) is 5.02 Å². The van der Waals surface area contributed by atoms with Gasteiger partial charge >= 0.3 is 0 Å². The van der Waals surface area contributed by atoms with Crippen molar-refractivity contribution in [3.8, 4) is 0 Å². The van der Waals surface area contributed by atoms with Gasteiger partial charge < -0.3 is 9.80 Å². The molecule has 0 N–H and O–H groups in total. The van der Waals surface area contributed by atoms with E-state index in [-0.39, 0.29) is 0 Å². The third kappa shape index (κ3) is 3.42.